The zero-order valence-corrected chi connectivity index (χ0v) is 14.3. The highest BCUT2D eigenvalue weighted by Crippen LogP contribution is 2.43. The van der Waals surface area contributed by atoms with Crippen molar-refractivity contribution >= 4 is 33.3 Å². The van der Waals surface area contributed by atoms with E-state index in [4.69, 9.17) is 0 Å². The number of nitrogens with one attached hydrogen (secondary N) is 2. The van der Waals surface area contributed by atoms with E-state index in [9.17, 15) is 4.79 Å². The Labute approximate surface area is 143 Å². The van der Waals surface area contributed by atoms with Gasteiger partial charge in [0.05, 0.1) is 15.2 Å². The van der Waals surface area contributed by atoms with Crippen molar-refractivity contribution in [1.29, 1.82) is 0 Å². The number of urea groups is 1. The third-order valence-corrected chi connectivity index (χ3v) is 5.33. The lowest BCUT2D eigenvalue weighted by Gasteiger charge is -2.07. The average molecular weight is 341 g/mol. The maximum Gasteiger partial charge on any atom is 0.319 e. The molecule has 1 saturated carbocycles. The molecule has 3 aromatic rings. The van der Waals surface area contributed by atoms with Crippen molar-refractivity contribution in [2.45, 2.75) is 25.2 Å². The number of benzene rings is 1. The molecular weight excluding hydrogens is 322 g/mol. The summed E-state index contributed by atoms with van der Waals surface area (Å²) < 4.78 is 3.08. The van der Waals surface area contributed by atoms with Gasteiger partial charge in [0.15, 0.2) is 0 Å². The number of carbonyl (C=O) groups excluding carboxylic acids is 1. The SMILES string of the molecule is Cn1ccnc1CCNC(=O)Nc1ccc2nc(C3CC3)sc2c1. The van der Waals surface area contributed by atoms with Crippen LogP contribution in [-0.4, -0.2) is 27.1 Å². The molecule has 0 atom stereocenters. The molecule has 0 saturated heterocycles. The second-order valence-corrected chi connectivity index (χ2v) is 7.16. The topological polar surface area (TPSA) is 71.8 Å². The Bertz CT molecular complexity index is 880. The fraction of sp³-hybridized carbons (Fsp3) is 0.353. The predicted molar refractivity (Wildman–Crippen MR) is 95.5 cm³/mol. The number of thiazole rings is 1. The van der Waals surface area contributed by atoms with Crippen molar-refractivity contribution in [2.24, 2.45) is 7.05 Å². The van der Waals surface area contributed by atoms with Gasteiger partial charge in [-0.1, -0.05) is 0 Å². The average Bonchev–Trinajstić information content (AvgIpc) is 3.21. The number of carbonyl (C=O) groups is 1. The van der Waals surface area contributed by atoms with Crippen LogP contribution in [0, 0.1) is 0 Å². The van der Waals surface area contributed by atoms with Gasteiger partial charge in [-0.25, -0.2) is 14.8 Å². The summed E-state index contributed by atoms with van der Waals surface area (Å²) in [5.74, 6) is 1.61. The van der Waals surface area contributed by atoms with Gasteiger partial charge in [0.25, 0.3) is 0 Å². The molecule has 0 aliphatic heterocycles. The fourth-order valence-electron chi connectivity index (χ4n) is 2.63. The fourth-order valence-corrected chi connectivity index (χ4v) is 3.80. The monoisotopic (exact) mass is 341 g/mol. The second kappa shape index (κ2) is 6.24. The zero-order chi connectivity index (χ0) is 16.5. The quantitative estimate of drug-likeness (QED) is 0.748. The maximum absolute atomic E-state index is 12.0. The number of aromatic nitrogens is 3. The molecule has 2 amide bonds. The van der Waals surface area contributed by atoms with E-state index in [1.807, 2.05) is 36.0 Å². The van der Waals surface area contributed by atoms with E-state index in [0.717, 1.165) is 21.7 Å². The smallest absolute Gasteiger partial charge is 0.319 e. The lowest BCUT2D eigenvalue weighted by atomic mass is 10.3. The summed E-state index contributed by atoms with van der Waals surface area (Å²) in [6.45, 7) is 0.547. The predicted octanol–water partition coefficient (Wildman–Crippen LogP) is 3.27. The van der Waals surface area contributed by atoms with Crippen molar-refractivity contribution < 1.29 is 4.79 Å². The van der Waals surface area contributed by atoms with Gasteiger partial charge in [-0.05, 0) is 31.0 Å². The molecule has 6 nitrogen and oxygen atoms in total. The molecule has 1 fully saturated rings. The van der Waals surface area contributed by atoms with Crippen LogP contribution >= 0.6 is 11.3 Å². The molecule has 1 aliphatic rings. The Morgan fingerprint density at radius 2 is 2.29 bits per heavy atom. The molecule has 2 N–H and O–H groups in total. The Kier molecular flexibility index (Phi) is 3.93. The normalized spacial score (nSPS) is 14.0. The summed E-state index contributed by atoms with van der Waals surface area (Å²) in [4.78, 5) is 20.9. The third kappa shape index (κ3) is 3.26. The molecule has 0 radical (unpaired) electrons. The van der Waals surface area contributed by atoms with Crippen LogP contribution in [0.5, 0.6) is 0 Å². The van der Waals surface area contributed by atoms with E-state index < -0.39 is 0 Å². The first-order valence-corrected chi connectivity index (χ1v) is 8.92. The largest absolute Gasteiger partial charge is 0.338 e. The van der Waals surface area contributed by atoms with Crippen LogP contribution in [0.3, 0.4) is 0 Å². The van der Waals surface area contributed by atoms with Gasteiger partial charge >= 0.3 is 6.03 Å². The number of hydrogen-bond acceptors (Lipinski definition) is 4. The number of aryl methyl sites for hydroxylation is 1. The van der Waals surface area contributed by atoms with Crippen LogP contribution in [0.2, 0.25) is 0 Å². The number of nitrogens with zero attached hydrogens (tertiary/aromatic N) is 3. The van der Waals surface area contributed by atoms with Crippen molar-refractivity contribution in [2.75, 3.05) is 11.9 Å². The molecular formula is C17H19N5OS. The van der Waals surface area contributed by atoms with Crippen LogP contribution < -0.4 is 10.6 Å². The number of amides is 2. The van der Waals surface area contributed by atoms with E-state index in [0.29, 0.717) is 18.9 Å². The molecule has 24 heavy (non-hydrogen) atoms. The highest BCUT2D eigenvalue weighted by atomic mass is 32.1. The van der Waals surface area contributed by atoms with Crippen molar-refractivity contribution in [1.82, 2.24) is 19.9 Å². The van der Waals surface area contributed by atoms with Crippen LogP contribution in [0.1, 0.15) is 29.6 Å². The van der Waals surface area contributed by atoms with Crippen LogP contribution in [0.4, 0.5) is 10.5 Å². The Morgan fingerprint density at radius 3 is 3.04 bits per heavy atom. The van der Waals surface area contributed by atoms with E-state index in [-0.39, 0.29) is 6.03 Å². The van der Waals surface area contributed by atoms with Crippen molar-refractivity contribution in [3.63, 3.8) is 0 Å². The second-order valence-electron chi connectivity index (χ2n) is 6.09. The van der Waals surface area contributed by atoms with E-state index in [1.165, 1.54) is 17.8 Å². The minimum Gasteiger partial charge on any atom is -0.338 e. The van der Waals surface area contributed by atoms with Gasteiger partial charge in [-0.3, -0.25) is 0 Å². The Morgan fingerprint density at radius 1 is 1.42 bits per heavy atom. The summed E-state index contributed by atoms with van der Waals surface area (Å²) in [7, 11) is 1.95. The molecule has 2 aromatic heterocycles. The molecule has 1 aromatic carbocycles. The Hall–Kier alpha value is -2.41. The Balaban J connectivity index is 1.34. The molecule has 124 valence electrons. The number of imidazole rings is 1. The standard InChI is InChI=1S/C17H19N5OS/c1-22-9-8-18-15(22)6-7-19-17(23)20-12-4-5-13-14(10-12)24-16(21-13)11-2-3-11/h4-5,8-11H,2-3,6-7H2,1H3,(H2,19,20,23). The molecule has 7 heteroatoms. The molecule has 2 heterocycles. The number of fused-ring (bicyclic) bond motifs is 1. The number of hydrogen-bond donors (Lipinski definition) is 2. The van der Waals surface area contributed by atoms with Crippen LogP contribution in [0.25, 0.3) is 10.2 Å². The van der Waals surface area contributed by atoms with Gasteiger partial charge in [0, 0.05) is 44.0 Å². The van der Waals surface area contributed by atoms with Crippen molar-refractivity contribution in [3.8, 4) is 0 Å². The lowest BCUT2D eigenvalue weighted by Crippen LogP contribution is -2.30. The first kappa shape index (κ1) is 15.1. The van der Waals surface area contributed by atoms with Crippen molar-refractivity contribution in [3.05, 3.63) is 41.4 Å². The number of rotatable bonds is 5. The van der Waals surface area contributed by atoms with E-state index in [2.05, 4.69) is 20.6 Å². The summed E-state index contributed by atoms with van der Waals surface area (Å²) in [6.07, 6.45) is 6.87. The highest BCUT2D eigenvalue weighted by molar-refractivity contribution is 7.18. The summed E-state index contributed by atoms with van der Waals surface area (Å²) in [6, 6.07) is 5.67. The van der Waals surface area contributed by atoms with Crippen LogP contribution in [0.15, 0.2) is 30.6 Å². The molecule has 4 rings (SSSR count). The molecule has 0 bridgehead atoms. The van der Waals surface area contributed by atoms with Crippen LogP contribution in [-0.2, 0) is 13.5 Å². The molecule has 1 aliphatic carbocycles. The van der Waals surface area contributed by atoms with E-state index >= 15 is 0 Å². The first-order chi connectivity index (χ1) is 11.7. The van der Waals surface area contributed by atoms with E-state index in [1.54, 1.807) is 17.5 Å². The van der Waals surface area contributed by atoms with Gasteiger partial charge in [0.2, 0.25) is 0 Å². The summed E-state index contributed by atoms with van der Waals surface area (Å²) in [5.41, 5.74) is 1.81. The lowest BCUT2D eigenvalue weighted by molar-refractivity contribution is 0.252. The van der Waals surface area contributed by atoms with Gasteiger partial charge in [-0.2, -0.15) is 0 Å². The third-order valence-electron chi connectivity index (χ3n) is 4.14. The zero-order valence-electron chi connectivity index (χ0n) is 13.5. The van der Waals surface area contributed by atoms with Gasteiger partial charge in [-0.15, -0.1) is 11.3 Å². The summed E-state index contributed by atoms with van der Waals surface area (Å²) in [5, 5.41) is 6.97. The molecule has 0 spiro atoms. The number of anilines is 1. The first-order valence-electron chi connectivity index (χ1n) is 8.10. The molecule has 0 unspecified atom stereocenters. The highest BCUT2D eigenvalue weighted by Gasteiger charge is 2.26. The van der Waals surface area contributed by atoms with Gasteiger partial charge in [0.1, 0.15) is 5.82 Å². The van der Waals surface area contributed by atoms with Gasteiger partial charge < -0.3 is 15.2 Å². The minimum absolute atomic E-state index is 0.199. The maximum atomic E-state index is 12.0. The summed E-state index contributed by atoms with van der Waals surface area (Å²) >= 11 is 1.73. The minimum atomic E-state index is -0.199.